The molecular weight excluding hydrogens is 427 g/mol. The average Bonchev–Trinajstić information content (AvgIpc) is 2.72. The van der Waals surface area contributed by atoms with E-state index in [-0.39, 0.29) is 23.7 Å². The second-order valence-corrected chi connectivity index (χ2v) is 7.88. The number of hydrogen-bond donors (Lipinski definition) is 1. The number of rotatable bonds is 4. The van der Waals surface area contributed by atoms with E-state index in [0.29, 0.717) is 23.4 Å². The van der Waals surface area contributed by atoms with E-state index in [1.165, 1.54) is 19.2 Å². The predicted molar refractivity (Wildman–Crippen MR) is 108 cm³/mol. The highest BCUT2D eigenvalue weighted by Gasteiger charge is 2.47. The first-order chi connectivity index (χ1) is 15.0. The van der Waals surface area contributed by atoms with Crippen LogP contribution in [0.25, 0.3) is 0 Å². The molecule has 9 heteroatoms. The zero-order valence-corrected chi connectivity index (χ0v) is 18.1. The van der Waals surface area contributed by atoms with Crippen LogP contribution in [-0.4, -0.2) is 31.4 Å². The first-order valence-electron chi connectivity index (χ1n) is 10.2. The van der Waals surface area contributed by atoms with Gasteiger partial charge in [-0.25, -0.2) is 4.79 Å². The van der Waals surface area contributed by atoms with Gasteiger partial charge in [-0.15, -0.1) is 0 Å². The van der Waals surface area contributed by atoms with Crippen molar-refractivity contribution in [3.05, 3.63) is 57.9 Å². The number of carbonyl (C=O) groups is 3. The lowest BCUT2D eigenvalue weighted by atomic mass is 9.69. The number of Topliss-reactive ketones (excluding diaryl/α,β-unsaturated/α-hetero) is 1. The molecule has 32 heavy (non-hydrogen) atoms. The number of carbonyl (C=O) groups excluding carboxylic acids is 3. The summed E-state index contributed by atoms with van der Waals surface area (Å²) in [5.41, 5.74) is 0.755. The maximum Gasteiger partial charge on any atom is 0.416 e. The summed E-state index contributed by atoms with van der Waals surface area (Å²) < 4.78 is 49.2. The molecule has 0 radical (unpaired) electrons. The van der Waals surface area contributed by atoms with E-state index in [0.717, 1.165) is 12.1 Å². The Hall–Kier alpha value is -3.10. The van der Waals surface area contributed by atoms with Crippen LogP contribution in [0.4, 0.5) is 13.2 Å². The van der Waals surface area contributed by atoms with Crippen molar-refractivity contribution in [1.82, 2.24) is 5.32 Å². The summed E-state index contributed by atoms with van der Waals surface area (Å²) in [6, 6.07) is 4.30. The first kappa shape index (κ1) is 23.6. The molecule has 0 amide bonds. The summed E-state index contributed by atoms with van der Waals surface area (Å²) in [6.45, 7) is 5.10. The molecule has 1 aromatic rings. The third kappa shape index (κ3) is 4.16. The van der Waals surface area contributed by atoms with Crippen molar-refractivity contribution in [2.45, 2.75) is 39.3 Å². The minimum atomic E-state index is -4.53. The molecule has 3 atom stereocenters. The Morgan fingerprint density at radius 1 is 1.19 bits per heavy atom. The predicted octanol–water partition coefficient (Wildman–Crippen LogP) is 3.88. The van der Waals surface area contributed by atoms with E-state index >= 15 is 0 Å². The quantitative estimate of drug-likeness (QED) is 0.553. The molecule has 0 bridgehead atoms. The van der Waals surface area contributed by atoms with E-state index < -0.39 is 41.3 Å². The molecule has 0 saturated carbocycles. The molecule has 1 heterocycles. The normalized spacial score (nSPS) is 23.5. The molecule has 0 spiro atoms. The molecule has 1 aliphatic carbocycles. The zero-order valence-electron chi connectivity index (χ0n) is 18.1. The number of ether oxygens (including phenoxy) is 2. The third-order valence-electron chi connectivity index (χ3n) is 5.81. The lowest BCUT2D eigenvalue weighted by Crippen LogP contribution is -2.43. The molecule has 1 aliphatic heterocycles. The van der Waals surface area contributed by atoms with Crippen LogP contribution < -0.4 is 5.32 Å². The van der Waals surface area contributed by atoms with Crippen LogP contribution in [0.2, 0.25) is 0 Å². The van der Waals surface area contributed by atoms with E-state index in [9.17, 15) is 27.6 Å². The number of ketones is 1. The van der Waals surface area contributed by atoms with Crippen LogP contribution >= 0.6 is 0 Å². The van der Waals surface area contributed by atoms with Crippen molar-refractivity contribution in [2.75, 3.05) is 13.7 Å². The van der Waals surface area contributed by atoms with Crippen LogP contribution in [0, 0.1) is 11.8 Å². The molecule has 1 aromatic carbocycles. The minimum Gasteiger partial charge on any atom is -0.468 e. The number of benzene rings is 1. The number of esters is 2. The van der Waals surface area contributed by atoms with Crippen molar-refractivity contribution in [2.24, 2.45) is 11.8 Å². The van der Waals surface area contributed by atoms with Gasteiger partial charge in [0.2, 0.25) is 0 Å². The minimum absolute atomic E-state index is 0.0804. The number of nitrogens with one attached hydrogen (secondary N) is 1. The Balaban J connectivity index is 2.18. The summed E-state index contributed by atoms with van der Waals surface area (Å²) in [4.78, 5) is 38.6. The highest BCUT2D eigenvalue weighted by Crippen LogP contribution is 2.45. The maximum atomic E-state index is 13.5. The Morgan fingerprint density at radius 2 is 1.81 bits per heavy atom. The summed E-state index contributed by atoms with van der Waals surface area (Å²) in [6.07, 6.45) is -4.19. The monoisotopic (exact) mass is 451 g/mol. The van der Waals surface area contributed by atoms with E-state index in [1.54, 1.807) is 20.8 Å². The van der Waals surface area contributed by atoms with Gasteiger partial charge >= 0.3 is 18.1 Å². The fraction of sp³-hybridized carbons (Fsp3) is 0.435. The highest BCUT2D eigenvalue weighted by molar-refractivity contribution is 6.12. The van der Waals surface area contributed by atoms with Gasteiger partial charge in [0, 0.05) is 22.9 Å². The van der Waals surface area contributed by atoms with Crippen molar-refractivity contribution in [1.29, 1.82) is 0 Å². The van der Waals surface area contributed by atoms with Crippen LogP contribution in [0.5, 0.6) is 0 Å². The summed E-state index contributed by atoms with van der Waals surface area (Å²) in [7, 11) is 1.19. The Morgan fingerprint density at radius 3 is 2.34 bits per heavy atom. The molecule has 3 rings (SSSR count). The Kier molecular flexibility index (Phi) is 6.48. The lowest BCUT2D eigenvalue weighted by Gasteiger charge is -2.38. The summed E-state index contributed by atoms with van der Waals surface area (Å²) in [5.74, 6) is -4.29. The number of dihydropyridines is 1. The molecule has 0 unspecified atom stereocenters. The first-order valence-corrected chi connectivity index (χ1v) is 10.2. The van der Waals surface area contributed by atoms with Crippen LogP contribution in [-0.2, 0) is 30.0 Å². The molecule has 6 nitrogen and oxygen atoms in total. The summed E-state index contributed by atoms with van der Waals surface area (Å²) >= 11 is 0. The van der Waals surface area contributed by atoms with Gasteiger partial charge in [-0.3, -0.25) is 9.59 Å². The smallest absolute Gasteiger partial charge is 0.416 e. The number of alkyl halides is 3. The van der Waals surface area contributed by atoms with Crippen LogP contribution in [0.1, 0.15) is 44.2 Å². The van der Waals surface area contributed by atoms with E-state index in [2.05, 4.69) is 5.32 Å². The largest absolute Gasteiger partial charge is 0.468 e. The van der Waals surface area contributed by atoms with Gasteiger partial charge in [0.15, 0.2) is 5.78 Å². The van der Waals surface area contributed by atoms with Gasteiger partial charge in [-0.2, -0.15) is 13.2 Å². The number of halogens is 3. The van der Waals surface area contributed by atoms with Crippen molar-refractivity contribution in [3.8, 4) is 0 Å². The number of allylic oxidation sites excluding steroid dienone is 3. The number of hydrogen-bond acceptors (Lipinski definition) is 6. The van der Waals surface area contributed by atoms with Gasteiger partial charge in [0.1, 0.15) is 5.92 Å². The van der Waals surface area contributed by atoms with E-state index in [4.69, 9.17) is 9.47 Å². The molecule has 0 saturated heterocycles. The van der Waals surface area contributed by atoms with Gasteiger partial charge in [-0.05, 0) is 43.9 Å². The molecule has 0 fully saturated rings. The third-order valence-corrected chi connectivity index (χ3v) is 5.81. The van der Waals surface area contributed by atoms with E-state index in [1.807, 2.05) is 0 Å². The molecule has 172 valence electrons. The Labute approximate surface area is 183 Å². The lowest BCUT2D eigenvalue weighted by molar-refractivity contribution is -0.151. The SMILES string of the molecule is CCOC(=O)C1=C(C)NC2=C(C(=O)[C@H](C(=O)OC)[C@@H](C)C2)[C@@H]1c1ccc(C(F)(F)F)cc1. The van der Waals surface area contributed by atoms with Gasteiger partial charge in [0.25, 0.3) is 0 Å². The van der Waals surface area contributed by atoms with Crippen LogP contribution in [0.3, 0.4) is 0 Å². The van der Waals surface area contributed by atoms with Gasteiger partial charge in [-0.1, -0.05) is 19.1 Å². The fourth-order valence-electron chi connectivity index (χ4n) is 4.36. The van der Waals surface area contributed by atoms with Crippen molar-refractivity contribution in [3.63, 3.8) is 0 Å². The highest BCUT2D eigenvalue weighted by atomic mass is 19.4. The zero-order chi connectivity index (χ0) is 23.8. The number of methoxy groups -OCH3 is 1. The average molecular weight is 451 g/mol. The topological polar surface area (TPSA) is 81.7 Å². The molecule has 2 aliphatic rings. The van der Waals surface area contributed by atoms with Crippen LogP contribution in [0.15, 0.2) is 46.8 Å². The van der Waals surface area contributed by atoms with Crippen molar-refractivity contribution < 1.29 is 37.0 Å². The molecular formula is C23H24F3NO5. The van der Waals surface area contributed by atoms with Crippen molar-refractivity contribution >= 4 is 17.7 Å². The summed E-state index contributed by atoms with van der Waals surface area (Å²) in [5, 5.41) is 3.09. The standard InChI is InChI=1S/C23H24F3NO5/c1-5-32-22(30)17-12(3)27-15-10-11(2)16(21(29)31-4)20(28)19(15)18(17)13-6-8-14(9-7-13)23(24,25)26/h6-9,11,16,18,27H,5,10H2,1-4H3/t11-,16+,18+/m0/s1. The second-order valence-electron chi connectivity index (χ2n) is 7.88. The Bertz CT molecular complexity index is 1010. The van der Waals surface area contributed by atoms with Gasteiger partial charge < -0.3 is 14.8 Å². The molecule has 0 aromatic heterocycles. The van der Waals surface area contributed by atoms with Gasteiger partial charge in [0.05, 0.1) is 24.9 Å². The second kappa shape index (κ2) is 8.80. The molecule has 1 N–H and O–H groups in total. The fourth-order valence-corrected chi connectivity index (χ4v) is 4.36. The maximum absolute atomic E-state index is 13.5.